The van der Waals surface area contributed by atoms with E-state index in [1.807, 2.05) is 22.4 Å². The smallest absolute Gasteiger partial charge is 0.270 e. The van der Waals surface area contributed by atoms with Crippen molar-refractivity contribution in [1.82, 2.24) is 14.3 Å². The van der Waals surface area contributed by atoms with Crippen LogP contribution >= 0.6 is 0 Å². The number of nitrogens with zero attached hydrogens (tertiary/aromatic N) is 4. The van der Waals surface area contributed by atoms with Gasteiger partial charge in [0.25, 0.3) is 5.69 Å². The number of non-ortho nitro benzene ring substituents is 1. The lowest BCUT2D eigenvalue weighted by atomic mass is 10.1. The third kappa shape index (κ3) is 3.44. The minimum atomic E-state index is -0.422. The number of aliphatic hydroxyl groups is 1. The number of nitro benzene ring substituents is 1. The Bertz CT molecular complexity index is 922. The molecule has 0 unspecified atom stereocenters. The Morgan fingerprint density at radius 3 is 2.88 bits per heavy atom. The number of pyridine rings is 1. The fourth-order valence-electron chi connectivity index (χ4n) is 2.76. The second-order valence-corrected chi connectivity index (χ2v) is 5.87. The maximum atomic E-state index is 11.1. The third-order valence-electron chi connectivity index (χ3n) is 3.97. The Balaban J connectivity index is 2.16. The summed E-state index contributed by atoms with van der Waals surface area (Å²) < 4.78 is 1.89. The summed E-state index contributed by atoms with van der Waals surface area (Å²) in [7, 11) is 1.89. The number of anilines is 1. The van der Waals surface area contributed by atoms with Gasteiger partial charge >= 0.3 is 0 Å². The molecule has 0 aliphatic rings. The average molecular weight is 341 g/mol. The zero-order chi connectivity index (χ0) is 18.0. The van der Waals surface area contributed by atoms with Gasteiger partial charge in [-0.05, 0) is 19.2 Å². The second-order valence-electron chi connectivity index (χ2n) is 5.87. The van der Waals surface area contributed by atoms with E-state index in [0.29, 0.717) is 35.7 Å². The van der Waals surface area contributed by atoms with Crippen LogP contribution in [0.3, 0.4) is 0 Å². The number of fused-ring (bicyclic) bond motifs is 1. The van der Waals surface area contributed by atoms with Crippen molar-refractivity contribution in [3.8, 4) is 11.3 Å². The molecule has 3 aromatic rings. The number of imidazole rings is 1. The molecule has 8 nitrogen and oxygen atoms in total. The summed E-state index contributed by atoms with van der Waals surface area (Å²) >= 11 is 0. The topological polar surface area (TPSA) is 110 Å². The minimum Gasteiger partial charge on any atom is -0.398 e. The standard InChI is InChI=1S/C17H19N5O3/c1-20(7-8-23)11-15-17(12-3-2-4-14(9-12)22(24)25)19-16-6-5-13(18)10-21(15)16/h2-6,9-10,23H,7-8,11,18H2,1H3. The van der Waals surface area contributed by atoms with Gasteiger partial charge in [-0.1, -0.05) is 12.1 Å². The fourth-order valence-corrected chi connectivity index (χ4v) is 2.76. The number of hydrogen-bond acceptors (Lipinski definition) is 6. The summed E-state index contributed by atoms with van der Waals surface area (Å²) in [5.74, 6) is 0. The number of aromatic nitrogens is 2. The van der Waals surface area contributed by atoms with Crippen LogP contribution in [0, 0.1) is 10.1 Å². The van der Waals surface area contributed by atoms with Gasteiger partial charge in [0.1, 0.15) is 5.65 Å². The van der Waals surface area contributed by atoms with Gasteiger partial charge in [0, 0.05) is 42.7 Å². The molecule has 25 heavy (non-hydrogen) atoms. The summed E-state index contributed by atoms with van der Waals surface area (Å²) in [6.45, 7) is 1.06. The van der Waals surface area contributed by atoms with Crippen LogP contribution in [-0.4, -0.2) is 44.5 Å². The van der Waals surface area contributed by atoms with Crippen molar-refractivity contribution in [3.05, 3.63) is 58.4 Å². The first kappa shape index (κ1) is 16.9. The Labute approximate surface area is 144 Å². The van der Waals surface area contributed by atoms with E-state index in [9.17, 15) is 10.1 Å². The SMILES string of the molecule is CN(CCO)Cc1c(-c2cccc([N+](=O)[O-])c2)nc2ccc(N)cn12. The molecule has 0 saturated heterocycles. The molecule has 3 rings (SSSR count). The van der Waals surface area contributed by atoms with E-state index in [4.69, 9.17) is 10.8 Å². The maximum Gasteiger partial charge on any atom is 0.270 e. The first-order chi connectivity index (χ1) is 12.0. The molecule has 0 atom stereocenters. The Kier molecular flexibility index (Phi) is 4.64. The zero-order valence-corrected chi connectivity index (χ0v) is 13.8. The van der Waals surface area contributed by atoms with E-state index in [-0.39, 0.29) is 12.3 Å². The molecule has 0 radical (unpaired) electrons. The van der Waals surface area contributed by atoms with Crippen LogP contribution in [-0.2, 0) is 6.54 Å². The van der Waals surface area contributed by atoms with E-state index in [0.717, 1.165) is 5.69 Å². The number of nitrogens with two attached hydrogens (primary N) is 1. The van der Waals surface area contributed by atoms with Crippen molar-refractivity contribution in [2.24, 2.45) is 0 Å². The highest BCUT2D eigenvalue weighted by atomic mass is 16.6. The van der Waals surface area contributed by atoms with Crippen LogP contribution in [0.4, 0.5) is 11.4 Å². The maximum absolute atomic E-state index is 11.1. The summed E-state index contributed by atoms with van der Waals surface area (Å²) in [5.41, 5.74) is 9.43. The van der Waals surface area contributed by atoms with Gasteiger partial charge < -0.3 is 15.2 Å². The van der Waals surface area contributed by atoms with E-state index in [2.05, 4.69) is 4.98 Å². The van der Waals surface area contributed by atoms with E-state index in [1.54, 1.807) is 24.4 Å². The van der Waals surface area contributed by atoms with E-state index < -0.39 is 4.92 Å². The number of hydrogen-bond donors (Lipinski definition) is 2. The summed E-state index contributed by atoms with van der Waals surface area (Å²) in [6.07, 6.45) is 1.78. The average Bonchev–Trinajstić information content (AvgIpc) is 2.93. The molecule has 0 saturated carbocycles. The van der Waals surface area contributed by atoms with Gasteiger partial charge in [-0.15, -0.1) is 0 Å². The molecule has 0 amide bonds. The molecule has 2 heterocycles. The van der Waals surface area contributed by atoms with Gasteiger partial charge in [0.2, 0.25) is 0 Å². The van der Waals surface area contributed by atoms with Crippen LogP contribution in [0.25, 0.3) is 16.9 Å². The lowest BCUT2D eigenvalue weighted by molar-refractivity contribution is -0.384. The lowest BCUT2D eigenvalue weighted by Crippen LogP contribution is -2.22. The van der Waals surface area contributed by atoms with Crippen molar-refractivity contribution in [3.63, 3.8) is 0 Å². The predicted octanol–water partition coefficient (Wildman–Crippen LogP) is 1.92. The molecule has 8 heteroatoms. The van der Waals surface area contributed by atoms with Crippen LogP contribution in [0.5, 0.6) is 0 Å². The first-order valence-electron chi connectivity index (χ1n) is 7.80. The van der Waals surface area contributed by atoms with Gasteiger partial charge in [-0.25, -0.2) is 4.98 Å². The fraction of sp³-hybridized carbons (Fsp3) is 0.235. The number of nitrogen functional groups attached to an aromatic ring is 1. The second kappa shape index (κ2) is 6.88. The summed E-state index contributed by atoms with van der Waals surface area (Å²) in [4.78, 5) is 17.2. The quantitative estimate of drug-likeness (QED) is 0.523. The van der Waals surface area contributed by atoms with Crippen molar-refractivity contribution in [1.29, 1.82) is 0 Å². The molecule has 2 aromatic heterocycles. The van der Waals surface area contributed by atoms with Gasteiger partial charge in [0.15, 0.2) is 0 Å². The zero-order valence-electron chi connectivity index (χ0n) is 13.8. The molecule has 0 spiro atoms. The largest absolute Gasteiger partial charge is 0.398 e. The number of benzene rings is 1. The highest BCUT2D eigenvalue weighted by molar-refractivity contribution is 5.69. The van der Waals surface area contributed by atoms with E-state index >= 15 is 0 Å². The van der Waals surface area contributed by atoms with Crippen molar-refractivity contribution in [2.45, 2.75) is 6.54 Å². The highest BCUT2D eigenvalue weighted by Crippen LogP contribution is 2.28. The van der Waals surface area contributed by atoms with Crippen LogP contribution in [0.2, 0.25) is 0 Å². The molecule has 0 aliphatic carbocycles. The predicted molar refractivity (Wildman–Crippen MR) is 95.1 cm³/mol. The molecule has 0 fully saturated rings. The van der Waals surface area contributed by atoms with E-state index in [1.165, 1.54) is 12.1 Å². The van der Waals surface area contributed by atoms with Crippen molar-refractivity contribution >= 4 is 17.0 Å². The van der Waals surface area contributed by atoms with Gasteiger partial charge in [-0.2, -0.15) is 0 Å². The normalized spacial score (nSPS) is 11.3. The van der Waals surface area contributed by atoms with Crippen LogP contribution in [0.1, 0.15) is 5.69 Å². The summed E-state index contributed by atoms with van der Waals surface area (Å²) in [6, 6.07) is 9.99. The number of aliphatic hydroxyl groups excluding tert-OH is 1. The minimum absolute atomic E-state index is 0.0173. The number of rotatable bonds is 6. The lowest BCUT2D eigenvalue weighted by Gasteiger charge is -2.16. The Morgan fingerprint density at radius 1 is 1.36 bits per heavy atom. The molecular weight excluding hydrogens is 322 g/mol. The molecule has 130 valence electrons. The van der Waals surface area contributed by atoms with Gasteiger partial charge in [-0.3, -0.25) is 15.0 Å². The van der Waals surface area contributed by atoms with Crippen LogP contribution < -0.4 is 5.73 Å². The van der Waals surface area contributed by atoms with Crippen LogP contribution in [0.15, 0.2) is 42.6 Å². The van der Waals surface area contributed by atoms with Gasteiger partial charge in [0.05, 0.1) is 22.9 Å². The first-order valence-corrected chi connectivity index (χ1v) is 7.80. The molecule has 0 aliphatic heterocycles. The number of nitro groups is 1. The number of likely N-dealkylation sites (N-methyl/N-ethyl adjacent to an activating group) is 1. The summed E-state index contributed by atoms with van der Waals surface area (Å²) in [5, 5.41) is 20.2. The Morgan fingerprint density at radius 2 is 2.16 bits per heavy atom. The van der Waals surface area contributed by atoms with Crippen molar-refractivity contribution in [2.75, 3.05) is 25.9 Å². The highest BCUT2D eigenvalue weighted by Gasteiger charge is 2.17. The molecular formula is C17H19N5O3. The molecule has 1 aromatic carbocycles. The third-order valence-corrected chi connectivity index (χ3v) is 3.97. The van der Waals surface area contributed by atoms with Crippen molar-refractivity contribution < 1.29 is 10.0 Å². The molecule has 3 N–H and O–H groups in total. The monoisotopic (exact) mass is 341 g/mol. The molecule has 0 bridgehead atoms. The Hall–Kier alpha value is -2.97.